The van der Waals surface area contributed by atoms with E-state index in [4.69, 9.17) is 4.98 Å². The second-order valence-electron chi connectivity index (χ2n) is 8.43. The molecule has 0 aliphatic heterocycles. The van der Waals surface area contributed by atoms with Crippen LogP contribution in [0.25, 0.3) is 10.2 Å². The fourth-order valence-corrected chi connectivity index (χ4v) is 5.75. The fourth-order valence-electron chi connectivity index (χ4n) is 3.37. The summed E-state index contributed by atoms with van der Waals surface area (Å²) in [7, 11) is 0.510. The van der Waals surface area contributed by atoms with Gasteiger partial charge in [-0.15, -0.1) is 0 Å². The Morgan fingerprint density at radius 3 is 2.34 bits per heavy atom. The van der Waals surface area contributed by atoms with E-state index in [2.05, 4.69) is 13.0 Å². The molecule has 2 aromatic carbocycles. The molecular weight excluding hydrogens is 442 g/mol. The first-order valence-electron chi connectivity index (χ1n) is 10.7. The van der Waals surface area contributed by atoms with E-state index in [0.717, 1.165) is 21.3 Å². The van der Waals surface area contributed by atoms with Crippen molar-refractivity contribution in [2.45, 2.75) is 38.5 Å². The minimum absolute atomic E-state index is 0.0541. The summed E-state index contributed by atoms with van der Waals surface area (Å²) >= 11 is 1.50. The van der Waals surface area contributed by atoms with Crippen molar-refractivity contribution in [3.05, 3.63) is 53.1 Å². The predicted octanol–water partition coefficient (Wildman–Crippen LogP) is 4.37. The number of hydrogen-bond donors (Lipinski definition) is 0. The molecule has 0 atom stereocenters. The number of thiazole rings is 1. The van der Waals surface area contributed by atoms with Crippen LogP contribution in [0, 0.1) is 20.8 Å². The lowest BCUT2D eigenvalue weighted by Gasteiger charge is -2.22. The molecule has 0 fully saturated rings. The first kappa shape index (κ1) is 24.4. The third kappa shape index (κ3) is 5.74. The fraction of sp³-hybridized carbons (Fsp3) is 0.417. The monoisotopic (exact) mass is 473 g/mol. The van der Waals surface area contributed by atoms with Crippen molar-refractivity contribution in [3.63, 3.8) is 0 Å². The molecule has 0 aliphatic rings. The van der Waals surface area contributed by atoms with E-state index in [1.165, 1.54) is 16.9 Å². The number of fused-ring (bicyclic) bond motifs is 1. The zero-order valence-electron chi connectivity index (χ0n) is 19.4. The average molecular weight is 474 g/mol. The molecule has 0 bridgehead atoms. The summed E-state index contributed by atoms with van der Waals surface area (Å²) in [5.41, 5.74) is 4.22. The van der Waals surface area contributed by atoms with E-state index >= 15 is 0 Å². The molecule has 0 saturated carbocycles. The second kappa shape index (κ2) is 10.1. The zero-order valence-corrected chi connectivity index (χ0v) is 21.0. The Kier molecular flexibility index (Phi) is 7.69. The molecule has 0 radical (unpaired) electrons. The molecular formula is C24H31N3O3S2. The van der Waals surface area contributed by atoms with Gasteiger partial charge in [-0.1, -0.05) is 35.1 Å². The van der Waals surface area contributed by atoms with E-state index in [1.807, 2.05) is 38.9 Å². The topological polar surface area (TPSA) is 70.6 Å². The van der Waals surface area contributed by atoms with Crippen LogP contribution in [0.3, 0.4) is 0 Å². The maximum Gasteiger partial charge on any atom is 0.228 e. The van der Waals surface area contributed by atoms with E-state index in [0.29, 0.717) is 23.1 Å². The van der Waals surface area contributed by atoms with Gasteiger partial charge in [0.25, 0.3) is 0 Å². The third-order valence-corrected chi connectivity index (χ3v) is 8.42. The molecule has 3 aromatic rings. The zero-order chi connectivity index (χ0) is 23.5. The van der Waals surface area contributed by atoms with Crippen LogP contribution in [-0.4, -0.2) is 57.1 Å². The lowest BCUT2D eigenvalue weighted by atomic mass is 10.1. The molecule has 0 saturated heterocycles. The first-order chi connectivity index (χ1) is 15.1. The molecule has 3 rings (SSSR count). The number of nitrogens with zero attached hydrogens (tertiary/aromatic N) is 3. The van der Waals surface area contributed by atoms with Crippen molar-refractivity contribution in [2.75, 3.05) is 37.8 Å². The number of aryl methyl sites for hydroxylation is 3. The second-order valence-corrected chi connectivity index (χ2v) is 11.6. The van der Waals surface area contributed by atoms with Gasteiger partial charge in [0, 0.05) is 19.5 Å². The lowest BCUT2D eigenvalue weighted by molar-refractivity contribution is -0.118. The van der Waals surface area contributed by atoms with Gasteiger partial charge in [-0.2, -0.15) is 0 Å². The van der Waals surface area contributed by atoms with E-state index in [-0.39, 0.29) is 24.5 Å². The Balaban J connectivity index is 1.75. The summed E-state index contributed by atoms with van der Waals surface area (Å²) < 4.78 is 26.3. The number of aromatic nitrogens is 1. The lowest BCUT2D eigenvalue weighted by Crippen LogP contribution is -2.36. The summed E-state index contributed by atoms with van der Waals surface area (Å²) in [5.74, 6) is -0.152. The van der Waals surface area contributed by atoms with Crippen molar-refractivity contribution in [1.29, 1.82) is 0 Å². The van der Waals surface area contributed by atoms with Gasteiger partial charge in [-0.25, -0.2) is 13.4 Å². The van der Waals surface area contributed by atoms with Crippen molar-refractivity contribution in [2.24, 2.45) is 0 Å². The Morgan fingerprint density at radius 2 is 1.69 bits per heavy atom. The predicted molar refractivity (Wildman–Crippen MR) is 132 cm³/mol. The summed E-state index contributed by atoms with van der Waals surface area (Å²) in [6, 6.07) is 10.9. The summed E-state index contributed by atoms with van der Waals surface area (Å²) in [5, 5.41) is 0.668. The number of carbonyl (C=O) groups is 1. The molecule has 1 aromatic heterocycles. The smallest absolute Gasteiger partial charge is 0.228 e. The number of hydrogen-bond acceptors (Lipinski definition) is 6. The Morgan fingerprint density at radius 1 is 1.00 bits per heavy atom. The summed E-state index contributed by atoms with van der Waals surface area (Å²) in [4.78, 5) is 21.9. The highest BCUT2D eigenvalue weighted by Gasteiger charge is 2.22. The molecule has 8 heteroatoms. The van der Waals surface area contributed by atoms with Gasteiger partial charge < -0.3 is 4.90 Å². The quantitative estimate of drug-likeness (QED) is 0.462. The van der Waals surface area contributed by atoms with Crippen LogP contribution < -0.4 is 4.90 Å². The highest BCUT2D eigenvalue weighted by atomic mass is 32.2. The Labute approximate surface area is 194 Å². The van der Waals surface area contributed by atoms with Crippen LogP contribution in [0.5, 0.6) is 0 Å². The standard InChI is InChI=1S/C24H31N3O3S2/c1-17-8-11-20(12-9-17)32(29,30)16-6-7-22(28)27(15-14-26(4)5)24-25-23-19(3)18(2)10-13-21(23)31-24/h8-13H,6-7,14-16H2,1-5H3. The average Bonchev–Trinajstić information content (AvgIpc) is 3.15. The van der Waals surface area contributed by atoms with Gasteiger partial charge >= 0.3 is 0 Å². The van der Waals surface area contributed by atoms with Crippen LogP contribution in [0.1, 0.15) is 29.5 Å². The number of carbonyl (C=O) groups excluding carboxylic acids is 1. The normalized spacial score (nSPS) is 11.9. The largest absolute Gasteiger partial charge is 0.308 e. The van der Waals surface area contributed by atoms with Gasteiger partial charge in [-0.3, -0.25) is 9.69 Å². The minimum atomic E-state index is -3.41. The molecule has 1 heterocycles. The van der Waals surface area contributed by atoms with Crippen molar-refractivity contribution in [1.82, 2.24) is 9.88 Å². The number of rotatable bonds is 9. The highest BCUT2D eigenvalue weighted by molar-refractivity contribution is 7.91. The molecule has 32 heavy (non-hydrogen) atoms. The number of anilines is 1. The van der Waals surface area contributed by atoms with Crippen LogP contribution in [0.4, 0.5) is 5.13 Å². The Hall–Kier alpha value is -2.29. The molecule has 0 unspecified atom stereocenters. The SMILES string of the molecule is Cc1ccc(S(=O)(=O)CCCC(=O)N(CCN(C)C)c2nc3c(C)c(C)ccc3s2)cc1. The van der Waals surface area contributed by atoms with E-state index in [9.17, 15) is 13.2 Å². The Bertz CT molecular complexity index is 1200. The number of likely N-dealkylation sites (N-methyl/N-ethyl adjacent to an activating group) is 1. The van der Waals surface area contributed by atoms with Crippen molar-refractivity contribution >= 4 is 42.4 Å². The van der Waals surface area contributed by atoms with E-state index in [1.54, 1.807) is 29.2 Å². The van der Waals surface area contributed by atoms with Crippen molar-refractivity contribution < 1.29 is 13.2 Å². The molecule has 0 spiro atoms. The highest BCUT2D eigenvalue weighted by Crippen LogP contribution is 2.32. The van der Waals surface area contributed by atoms with Crippen molar-refractivity contribution in [3.8, 4) is 0 Å². The number of sulfone groups is 1. The van der Waals surface area contributed by atoms with Gasteiger partial charge in [-0.05, 0) is 70.6 Å². The van der Waals surface area contributed by atoms with Crippen LogP contribution >= 0.6 is 11.3 Å². The summed E-state index contributed by atoms with van der Waals surface area (Å²) in [6.07, 6.45) is 0.434. The van der Waals surface area contributed by atoms with Gasteiger partial charge in [0.05, 0.1) is 20.9 Å². The number of amides is 1. The van der Waals surface area contributed by atoms with Gasteiger partial charge in [0.2, 0.25) is 5.91 Å². The van der Waals surface area contributed by atoms with Gasteiger partial charge in [0.15, 0.2) is 15.0 Å². The minimum Gasteiger partial charge on any atom is -0.308 e. The molecule has 0 aliphatic carbocycles. The van der Waals surface area contributed by atoms with Gasteiger partial charge in [0.1, 0.15) is 0 Å². The molecule has 1 amide bonds. The molecule has 0 N–H and O–H groups in total. The summed E-state index contributed by atoms with van der Waals surface area (Å²) in [6.45, 7) is 7.22. The molecule has 6 nitrogen and oxygen atoms in total. The number of benzene rings is 2. The first-order valence-corrected chi connectivity index (χ1v) is 13.2. The van der Waals surface area contributed by atoms with Crippen LogP contribution in [0.2, 0.25) is 0 Å². The van der Waals surface area contributed by atoms with Crippen LogP contribution in [-0.2, 0) is 14.6 Å². The third-order valence-electron chi connectivity index (χ3n) is 5.56. The molecule has 172 valence electrons. The maximum atomic E-state index is 13.1. The van der Waals surface area contributed by atoms with Crippen LogP contribution in [0.15, 0.2) is 41.3 Å². The maximum absolute atomic E-state index is 13.1. The van der Waals surface area contributed by atoms with E-state index < -0.39 is 9.84 Å².